The predicted octanol–water partition coefficient (Wildman–Crippen LogP) is 1.90. The number of rotatable bonds is 7. The summed E-state index contributed by atoms with van der Waals surface area (Å²) in [5.74, 6) is 0.0755. The molecule has 1 fully saturated rings. The molecule has 2 rings (SSSR count). The standard InChI is InChI=1S/C19H30N4O4/c1-5-26-17(25)15-13-20-18(21-14-15)23-11-9-22(10-12-23)8-6-7-16(24)27-19(2,3)4/h13-14H,5-12H2,1-4H3. The minimum absolute atomic E-state index is 0.142. The highest BCUT2D eigenvalue weighted by atomic mass is 16.6. The van der Waals surface area contributed by atoms with Gasteiger partial charge >= 0.3 is 11.9 Å². The van der Waals surface area contributed by atoms with Crippen molar-refractivity contribution in [3.63, 3.8) is 0 Å². The second kappa shape index (κ2) is 9.64. The van der Waals surface area contributed by atoms with E-state index in [4.69, 9.17) is 9.47 Å². The van der Waals surface area contributed by atoms with Gasteiger partial charge in [-0.1, -0.05) is 0 Å². The molecule has 8 heteroatoms. The number of anilines is 1. The molecule has 0 aromatic carbocycles. The zero-order valence-electron chi connectivity index (χ0n) is 16.7. The number of piperazine rings is 1. The smallest absolute Gasteiger partial charge is 0.341 e. The van der Waals surface area contributed by atoms with Gasteiger partial charge in [-0.05, 0) is 40.7 Å². The lowest BCUT2D eigenvalue weighted by molar-refractivity contribution is -0.155. The summed E-state index contributed by atoms with van der Waals surface area (Å²) in [5, 5.41) is 0. The van der Waals surface area contributed by atoms with E-state index in [0.29, 0.717) is 24.5 Å². The topological polar surface area (TPSA) is 84.9 Å². The SMILES string of the molecule is CCOC(=O)c1cnc(N2CCN(CCCC(=O)OC(C)(C)C)CC2)nc1. The van der Waals surface area contributed by atoms with Gasteiger partial charge in [0.2, 0.25) is 5.95 Å². The molecule has 0 aliphatic carbocycles. The van der Waals surface area contributed by atoms with Crippen molar-refractivity contribution in [1.29, 1.82) is 0 Å². The summed E-state index contributed by atoms with van der Waals surface area (Å²) in [7, 11) is 0. The van der Waals surface area contributed by atoms with E-state index in [0.717, 1.165) is 39.1 Å². The van der Waals surface area contributed by atoms with Gasteiger partial charge < -0.3 is 14.4 Å². The Hall–Kier alpha value is -2.22. The molecule has 27 heavy (non-hydrogen) atoms. The van der Waals surface area contributed by atoms with Gasteiger partial charge in [0.15, 0.2) is 0 Å². The molecule has 1 aliphatic heterocycles. The van der Waals surface area contributed by atoms with Crippen LogP contribution in [0.25, 0.3) is 0 Å². The lowest BCUT2D eigenvalue weighted by atomic mass is 10.2. The molecule has 0 N–H and O–H groups in total. The van der Waals surface area contributed by atoms with Crippen LogP contribution in [0.1, 0.15) is 50.9 Å². The highest BCUT2D eigenvalue weighted by Crippen LogP contribution is 2.13. The normalized spacial score (nSPS) is 15.5. The first-order chi connectivity index (χ1) is 12.8. The maximum atomic E-state index is 11.8. The van der Waals surface area contributed by atoms with E-state index in [1.807, 2.05) is 20.8 Å². The monoisotopic (exact) mass is 378 g/mol. The van der Waals surface area contributed by atoms with E-state index in [-0.39, 0.29) is 5.97 Å². The Morgan fingerprint density at radius 2 is 1.74 bits per heavy atom. The lowest BCUT2D eigenvalue weighted by Gasteiger charge is -2.34. The van der Waals surface area contributed by atoms with Gasteiger partial charge in [-0.15, -0.1) is 0 Å². The Morgan fingerprint density at radius 3 is 2.30 bits per heavy atom. The fourth-order valence-electron chi connectivity index (χ4n) is 2.82. The highest BCUT2D eigenvalue weighted by Gasteiger charge is 2.20. The molecule has 1 saturated heterocycles. The second-order valence-electron chi connectivity index (χ2n) is 7.51. The van der Waals surface area contributed by atoms with Crippen LogP contribution in [0, 0.1) is 0 Å². The minimum atomic E-state index is -0.425. The van der Waals surface area contributed by atoms with Crippen molar-refractivity contribution in [3.8, 4) is 0 Å². The fourth-order valence-corrected chi connectivity index (χ4v) is 2.82. The number of hydrogen-bond acceptors (Lipinski definition) is 8. The molecule has 0 spiro atoms. The van der Waals surface area contributed by atoms with E-state index in [9.17, 15) is 9.59 Å². The summed E-state index contributed by atoms with van der Waals surface area (Å²) in [5.41, 5.74) is -0.0627. The lowest BCUT2D eigenvalue weighted by Crippen LogP contribution is -2.47. The van der Waals surface area contributed by atoms with Crippen molar-refractivity contribution in [2.45, 2.75) is 46.1 Å². The van der Waals surface area contributed by atoms with Crippen LogP contribution in [0.3, 0.4) is 0 Å². The maximum Gasteiger partial charge on any atom is 0.341 e. The molecule has 8 nitrogen and oxygen atoms in total. The number of aromatic nitrogens is 2. The number of carbonyl (C=O) groups excluding carboxylic acids is 2. The Balaban J connectivity index is 1.72. The third kappa shape index (κ3) is 7.13. The van der Waals surface area contributed by atoms with Gasteiger partial charge in [0.25, 0.3) is 0 Å². The van der Waals surface area contributed by atoms with Crippen LogP contribution in [0.15, 0.2) is 12.4 Å². The van der Waals surface area contributed by atoms with Crippen LogP contribution < -0.4 is 4.90 Å². The van der Waals surface area contributed by atoms with Crippen LogP contribution in [0.5, 0.6) is 0 Å². The molecule has 1 aromatic heterocycles. The average molecular weight is 378 g/mol. The maximum absolute atomic E-state index is 11.8. The van der Waals surface area contributed by atoms with Gasteiger partial charge in [0.05, 0.1) is 12.2 Å². The third-order valence-electron chi connectivity index (χ3n) is 4.08. The van der Waals surface area contributed by atoms with Gasteiger partial charge in [0, 0.05) is 45.0 Å². The van der Waals surface area contributed by atoms with E-state index in [1.54, 1.807) is 6.92 Å². The van der Waals surface area contributed by atoms with Crippen LogP contribution in [0.4, 0.5) is 5.95 Å². The molecule has 1 aromatic rings. The Morgan fingerprint density at radius 1 is 1.11 bits per heavy atom. The number of ether oxygens (including phenoxy) is 2. The highest BCUT2D eigenvalue weighted by molar-refractivity contribution is 5.88. The number of carbonyl (C=O) groups is 2. The Labute approximate surface area is 160 Å². The summed E-state index contributed by atoms with van der Waals surface area (Å²) < 4.78 is 10.3. The minimum Gasteiger partial charge on any atom is -0.462 e. The molecule has 150 valence electrons. The molecule has 0 unspecified atom stereocenters. The number of esters is 2. The van der Waals surface area contributed by atoms with Crippen molar-refractivity contribution in [1.82, 2.24) is 14.9 Å². The summed E-state index contributed by atoms with van der Waals surface area (Å²) in [4.78, 5) is 36.4. The largest absolute Gasteiger partial charge is 0.462 e. The summed E-state index contributed by atoms with van der Waals surface area (Å²) in [6, 6.07) is 0. The van der Waals surface area contributed by atoms with Crippen LogP contribution in [0.2, 0.25) is 0 Å². The molecule has 1 aliphatic rings. The van der Waals surface area contributed by atoms with Crippen LogP contribution in [-0.4, -0.2) is 71.7 Å². The van der Waals surface area contributed by atoms with E-state index in [1.165, 1.54) is 12.4 Å². The third-order valence-corrected chi connectivity index (χ3v) is 4.08. The predicted molar refractivity (Wildman–Crippen MR) is 102 cm³/mol. The quantitative estimate of drug-likeness (QED) is 0.665. The second-order valence-corrected chi connectivity index (χ2v) is 7.51. The van der Waals surface area contributed by atoms with Gasteiger partial charge in [-0.2, -0.15) is 0 Å². The van der Waals surface area contributed by atoms with E-state index in [2.05, 4.69) is 19.8 Å². The first-order valence-electron chi connectivity index (χ1n) is 9.47. The van der Waals surface area contributed by atoms with Crippen molar-refractivity contribution in [2.24, 2.45) is 0 Å². The van der Waals surface area contributed by atoms with Gasteiger partial charge in [-0.3, -0.25) is 9.69 Å². The first kappa shape index (κ1) is 21.1. The van der Waals surface area contributed by atoms with Crippen molar-refractivity contribution < 1.29 is 19.1 Å². The fraction of sp³-hybridized carbons (Fsp3) is 0.684. The molecular formula is C19H30N4O4. The molecule has 2 heterocycles. The zero-order chi connectivity index (χ0) is 19.9. The van der Waals surface area contributed by atoms with Crippen molar-refractivity contribution >= 4 is 17.9 Å². The zero-order valence-corrected chi connectivity index (χ0v) is 16.7. The number of nitrogens with zero attached hydrogens (tertiary/aromatic N) is 4. The van der Waals surface area contributed by atoms with Gasteiger partial charge in [0.1, 0.15) is 5.60 Å². The summed E-state index contributed by atoms with van der Waals surface area (Å²) in [6.45, 7) is 12.0. The van der Waals surface area contributed by atoms with Crippen LogP contribution in [-0.2, 0) is 14.3 Å². The molecule has 0 atom stereocenters. The molecule has 0 amide bonds. The average Bonchev–Trinajstić information content (AvgIpc) is 2.61. The van der Waals surface area contributed by atoms with Crippen LogP contribution >= 0.6 is 0 Å². The molecular weight excluding hydrogens is 348 g/mol. The summed E-state index contributed by atoms with van der Waals surface area (Å²) in [6.07, 6.45) is 4.25. The molecule has 0 bridgehead atoms. The van der Waals surface area contributed by atoms with Crippen molar-refractivity contribution in [3.05, 3.63) is 18.0 Å². The Bertz CT molecular complexity index is 620. The molecule has 0 saturated carbocycles. The first-order valence-corrected chi connectivity index (χ1v) is 9.47. The summed E-state index contributed by atoms with van der Waals surface area (Å²) >= 11 is 0. The number of hydrogen-bond donors (Lipinski definition) is 0. The van der Waals surface area contributed by atoms with E-state index >= 15 is 0 Å². The molecule has 0 radical (unpaired) electrons. The van der Waals surface area contributed by atoms with Gasteiger partial charge in [-0.25, -0.2) is 14.8 Å². The van der Waals surface area contributed by atoms with Crippen molar-refractivity contribution in [2.75, 3.05) is 44.2 Å². The Kier molecular flexibility index (Phi) is 7.53. The van der Waals surface area contributed by atoms with E-state index < -0.39 is 11.6 Å².